The highest BCUT2D eigenvalue weighted by Crippen LogP contribution is 2.30. The molecule has 0 aromatic heterocycles. The minimum Gasteiger partial charge on any atom is -0.467 e. The molecule has 1 saturated heterocycles. The highest BCUT2D eigenvalue weighted by atomic mass is 16.6. The van der Waals surface area contributed by atoms with E-state index in [1.165, 1.54) is 7.11 Å². The van der Waals surface area contributed by atoms with E-state index in [0.717, 1.165) is 4.90 Å². The molecular weight excluding hydrogens is 274 g/mol. The number of nitrogens with zero attached hydrogens (tertiary/aromatic N) is 1. The van der Waals surface area contributed by atoms with E-state index in [9.17, 15) is 14.4 Å². The van der Waals surface area contributed by atoms with E-state index in [2.05, 4.69) is 11.3 Å². The van der Waals surface area contributed by atoms with Crippen molar-refractivity contribution in [1.29, 1.82) is 0 Å². The maximum absolute atomic E-state index is 12.4. The third-order valence-corrected chi connectivity index (χ3v) is 3.19. The predicted octanol–water partition coefficient (Wildman–Crippen LogP) is 2.28. The van der Waals surface area contributed by atoms with E-state index >= 15 is 0 Å². The molecule has 0 aromatic carbocycles. The van der Waals surface area contributed by atoms with E-state index in [-0.39, 0.29) is 18.2 Å². The minimum absolute atomic E-state index is 0.262. The van der Waals surface area contributed by atoms with Crippen LogP contribution in [-0.2, 0) is 19.1 Å². The molecule has 1 heterocycles. The van der Waals surface area contributed by atoms with Crippen molar-refractivity contribution in [3.8, 4) is 0 Å². The van der Waals surface area contributed by atoms with Gasteiger partial charge in [-0.25, -0.2) is 14.5 Å². The van der Waals surface area contributed by atoms with Crippen molar-refractivity contribution in [2.24, 2.45) is 5.92 Å². The molecule has 0 aliphatic carbocycles. The monoisotopic (exact) mass is 297 g/mol. The van der Waals surface area contributed by atoms with Crippen LogP contribution < -0.4 is 0 Å². The van der Waals surface area contributed by atoms with Crippen LogP contribution in [0.5, 0.6) is 0 Å². The Morgan fingerprint density at radius 3 is 2.52 bits per heavy atom. The highest BCUT2D eigenvalue weighted by molar-refractivity contribution is 6.00. The Hall–Kier alpha value is -1.85. The van der Waals surface area contributed by atoms with Gasteiger partial charge in [0.2, 0.25) is 5.91 Å². The van der Waals surface area contributed by atoms with Gasteiger partial charge in [0.1, 0.15) is 11.6 Å². The van der Waals surface area contributed by atoms with Crippen LogP contribution in [0, 0.1) is 5.92 Å². The van der Waals surface area contributed by atoms with Gasteiger partial charge in [-0.2, -0.15) is 0 Å². The number of methoxy groups -OCH3 is 1. The molecular formula is C15H23NO5. The molecule has 118 valence electrons. The van der Waals surface area contributed by atoms with Gasteiger partial charge in [0.25, 0.3) is 0 Å². The smallest absolute Gasteiger partial charge is 0.417 e. The molecule has 0 radical (unpaired) electrons. The first-order valence-electron chi connectivity index (χ1n) is 6.96. The Morgan fingerprint density at radius 2 is 2.05 bits per heavy atom. The maximum atomic E-state index is 12.4. The van der Waals surface area contributed by atoms with E-state index < -0.39 is 23.7 Å². The van der Waals surface area contributed by atoms with Crippen LogP contribution in [0.2, 0.25) is 0 Å². The number of amides is 2. The first-order chi connectivity index (χ1) is 9.71. The quantitative estimate of drug-likeness (QED) is 0.588. The molecule has 0 spiro atoms. The van der Waals surface area contributed by atoms with Crippen LogP contribution in [0.25, 0.3) is 0 Å². The van der Waals surface area contributed by atoms with Crippen molar-refractivity contribution in [2.75, 3.05) is 7.11 Å². The minimum atomic E-state index is -0.910. The molecule has 0 saturated carbocycles. The van der Waals surface area contributed by atoms with Crippen LogP contribution in [0.1, 0.15) is 40.0 Å². The normalized spacial score (nSPS) is 22.1. The lowest BCUT2D eigenvalue weighted by Gasteiger charge is -2.26. The van der Waals surface area contributed by atoms with Crippen molar-refractivity contribution in [3.63, 3.8) is 0 Å². The van der Waals surface area contributed by atoms with Crippen molar-refractivity contribution in [1.82, 2.24) is 4.90 Å². The van der Waals surface area contributed by atoms with Gasteiger partial charge in [-0.15, -0.1) is 6.58 Å². The summed E-state index contributed by atoms with van der Waals surface area (Å²) >= 11 is 0. The summed E-state index contributed by atoms with van der Waals surface area (Å²) in [6.45, 7) is 8.72. The predicted molar refractivity (Wildman–Crippen MR) is 76.4 cm³/mol. The third-order valence-electron chi connectivity index (χ3n) is 3.19. The number of allylic oxidation sites excluding steroid dienone is 1. The largest absolute Gasteiger partial charge is 0.467 e. The zero-order valence-electron chi connectivity index (χ0n) is 13.0. The third kappa shape index (κ3) is 4.31. The number of likely N-dealkylation sites (tertiary alicyclic amines) is 1. The number of hydrogen-bond acceptors (Lipinski definition) is 5. The average Bonchev–Trinajstić information content (AvgIpc) is 2.70. The van der Waals surface area contributed by atoms with Gasteiger partial charge >= 0.3 is 12.1 Å². The summed E-state index contributed by atoms with van der Waals surface area (Å²) in [5.41, 5.74) is -0.739. The molecule has 0 unspecified atom stereocenters. The van der Waals surface area contributed by atoms with Crippen molar-refractivity contribution in [3.05, 3.63) is 12.7 Å². The molecule has 0 N–H and O–H groups in total. The van der Waals surface area contributed by atoms with Gasteiger partial charge in [0.05, 0.1) is 7.11 Å². The lowest BCUT2D eigenvalue weighted by molar-refractivity contribution is -0.148. The summed E-state index contributed by atoms with van der Waals surface area (Å²) < 4.78 is 9.89. The van der Waals surface area contributed by atoms with Gasteiger partial charge in [0.15, 0.2) is 0 Å². The van der Waals surface area contributed by atoms with Crippen LogP contribution in [0.15, 0.2) is 12.7 Å². The Kier molecular flexibility index (Phi) is 5.52. The lowest BCUT2D eigenvalue weighted by atomic mass is 9.99. The van der Waals surface area contributed by atoms with Gasteiger partial charge in [0, 0.05) is 5.92 Å². The molecule has 2 atom stereocenters. The molecule has 21 heavy (non-hydrogen) atoms. The average molecular weight is 297 g/mol. The molecule has 1 fully saturated rings. The fourth-order valence-corrected chi connectivity index (χ4v) is 2.25. The van der Waals surface area contributed by atoms with Gasteiger partial charge in [-0.05, 0) is 40.0 Å². The lowest BCUT2D eigenvalue weighted by Crippen LogP contribution is -2.46. The zero-order valence-corrected chi connectivity index (χ0v) is 13.0. The molecule has 0 aromatic rings. The molecule has 1 aliphatic heterocycles. The van der Waals surface area contributed by atoms with Crippen molar-refractivity contribution < 1.29 is 23.9 Å². The number of carbonyl (C=O) groups excluding carboxylic acids is 3. The molecule has 2 amide bonds. The highest BCUT2D eigenvalue weighted by Gasteiger charge is 2.48. The van der Waals surface area contributed by atoms with E-state index in [4.69, 9.17) is 4.74 Å². The maximum Gasteiger partial charge on any atom is 0.417 e. The molecule has 6 nitrogen and oxygen atoms in total. The number of rotatable bonds is 4. The van der Waals surface area contributed by atoms with Crippen LogP contribution in [0.4, 0.5) is 4.79 Å². The molecule has 6 heteroatoms. The topological polar surface area (TPSA) is 72.9 Å². The Labute approximate surface area is 125 Å². The summed E-state index contributed by atoms with van der Waals surface area (Å²) in [6, 6.07) is -0.910. The Bertz CT molecular complexity index is 438. The van der Waals surface area contributed by atoms with Crippen molar-refractivity contribution >= 4 is 18.0 Å². The van der Waals surface area contributed by atoms with E-state index in [0.29, 0.717) is 12.8 Å². The first kappa shape index (κ1) is 17.2. The number of ether oxygens (including phenoxy) is 2. The van der Waals surface area contributed by atoms with E-state index in [1.54, 1.807) is 26.8 Å². The van der Waals surface area contributed by atoms with Gasteiger partial charge < -0.3 is 9.47 Å². The second-order valence-electron chi connectivity index (χ2n) is 6.03. The van der Waals surface area contributed by atoms with Crippen LogP contribution in [-0.4, -0.2) is 41.6 Å². The summed E-state index contributed by atoms with van der Waals surface area (Å²) in [6.07, 6.45) is 2.36. The van der Waals surface area contributed by atoms with Crippen LogP contribution in [0.3, 0.4) is 0 Å². The fourth-order valence-electron chi connectivity index (χ4n) is 2.25. The summed E-state index contributed by atoms with van der Waals surface area (Å²) in [5, 5.41) is 0. The van der Waals surface area contributed by atoms with Crippen LogP contribution >= 0.6 is 0 Å². The summed E-state index contributed by atoms with van der Waals surface area (Å²) in [5.74, 6) is -1.38. The number of carbonyl (C=O) groups is 3. The SMILES string of the molecule is C=CCC[C@@H]1C[C@@H](C(=O)OC)N(C(=O)OC(C)(C)C)C1=O. The second kappa shape index (κ2) is 6.74. The first-order valence-corrected chi connectivity index (χ1v) is 6.96. The summed E-state index contributed by atoms with van der Waals surface area (Å²) in [7, 11) is 1.23. The number of esters is 1. The van der Waals surface area contributed by atoms with E-state index in [1.807, 2.05) is 0 Å². The Morgan fingerprint density at radius 1 is 1.43 bits per heavy atom. The van der Waals surface area contributed by atoms with Gasteiger partial charge in [-0.3, -0.25) is 4.79 Å². The summed E-state index contributed by atoms with van der Waals surface area (Å²) in [4.78, 5) is 37.2. The number of hydrogen-bond donors (Lipinski definition) is 0. The zero-order chi connectivity index (χ0) is 16.2. The second-order valence-corrected chi connectivity index (χ2v) is 6.03. The number of imide groups is 1. The molecule has 1 rings (SSSR count). The Balaban J connectivity index is 2.94. The molecule has 0 bridgehead atoms. The van der Waals surface area contributed by atoms with Gasteiger partial charge in [-0.1, -0.05) is 6.08 Å². The standard InChI is InChI=1S/C15H23NO5/c1-6-7-8-10-9-11(13(18)20-5)16(12(10)17)14(19)21-15(2,3)4/h6,10-11H,1,7-9H2,2-5H3/t10-,11+/m1/s1. The van der Waals surface area contributed by atoms with Crippen molar-refractivity contribution in [2.45, 2.75) is 51.7 Å². The fraction of sp³-hybridized carbons (Fsp3) is 0.667. The molecule has 1 aliphatic rings.